The average Bonchev–Trinajstić information content (AvgIpc) is 3.29. The highest BCUT2D eigenvalue weighted by Crippen LogP contribution is 2.48. The first-order chi connectivity index (χ1) is 14.3. The summed E-state index contributed by atoms with van der Waals surface area (Å²) >= 11 is 8.20. The normalized spacial score (nSPS) is 20.7. The highest BCUT2D eigenvalue weighted by molar-refractivity contribution is 7.99. The molecule has 0 unspecified atom stereocenters. The molecule has 0 amide bonds. The highest BCUT2D eigenvalue weighted by Gasteiger charge is 2.27. The fourth-order valence-electron chi connectivity index (χ4n) is 5.11. The van der Waals surface area contributed by atoms with Gasteiger partial charge in [-0.15, -0.1) is 0 Å². The second-order valence-corrected chi connectivity index (χ2v) is 10.0. The van der Waals surface area contributed by atoms with E-state index in [1.807, 2.05) is 17.8 Å². The van der Waals surface area contributed by atoms with Crippen molar-refractivity contribution in [3.8, 4) is 0 Å². The fraction of sp³-hybridized carbons (Fsp3) is 0.500. The highest BCUT2D eigenvalue weighted by atomic mass is 35.5. The van der Waals surface area contributed by atoms with Crippen LogP contribution in [0, 0.1) is 0 Å². The minimum atomic E-state index is 0.817. The topological polar surface area (TPSA) is 9.72 Å². The molecule has 0 aliphatic carbocycles. The van der Waals surface area contributed by atoms with Crippen LogP contribution in [0.2, 0.25) is 5.02 Å². The molecule has 2 fully saturated rings. The summed E-state index contributed by atoms with van der Waals surface area (Å²) in [7, 11) is 0. The molecule has 0 atom stereocenters. The second kappa shape index (κ2) is 8.89. The Kier molecular flexibility index (Phi) is 6.05. The van der Waals surface area contributed by atoms with E-state index >= 15 is 0 Å². The number of piperidine rings is 1. The Morgan fingerprint density at radius 3 is 2.45 bits per heavy atom. The fourth-order valence-corrected chi connectivity index (χ4v) is 6.35. The number of anilines is 2. The zero-order chi connectivity index (χ0) is 19.6. The first-order valence-corrected chi connectivity index (χ1v) is 12.3. The summed E-state index contributed by atoms with van der Waals surface area (Å²) in [5, 5.41) is 0.817. The van der Waals surface area contributed by atoms with Gasteiger partial charge in [0.2, 0.25) is 0 Å². The van der Waals surface area contributed by atoms with Crippen molar-refractivity contribution in [2.75, 3.05) is 44.2 Å². The van der Waals surface area contributed by atoms with Gasteiger partial charge in [0.25, 0.3) is 0 Å². The molecule has 3 heterocycles. The zero-order valence-corrected chi connectivity index (χ0v) is 18.6. The van der Waals surface area contributed by atoms with Crippen molar-refractivity contribution in [2.24, 2.45) is 0 Å². The number of rotatable bonds is 5. The number of fused-ring (bicyclic) bond motifs is 2. The first kappa shape index (κ1) is 19.7. The van der Waals surface area contributed by atoms with Crippen molar-refractivity contribution in [3.63, 3.8) is 0 Å². The molecule has 2 aromatic carbocycles. The molecule has 0 saturated carbocycles. The van der Waals surface area contributed by atoms with Crippen LogP contribution in [0.3, 0.4) is 0 Å². The van der Waals surface area contributed by atoms with E-state index in [1.54, 1.807) is 0 Å². The third kappa shape index (κ3) is 4.32. The molecular formula is C24H30ClN3S. The van der Waals surface area contributed by atoms with Crippen molar-refractivity contribution >= 4 is 34.7 Å². The van der Waals surface area contributed by atoms with Crippen LogP contribution in [-0.4, -0.2) is 55.1 Å². The van der Waals surface area contributed by atoms with Gasteiger partial charge in [0, 0.05) is 27.4 Å². The molecule has 29 heavy (non-hydrogen) atoms. The number of hydrogen-bond acceptors (Lipinski definition) is 4. The standard InChI is InChI=1S/C24H30ClN3S/c25-19-8-9-24-22(18-19)28(21-6-1-2-7-23(21)29-24)15-5-12-26-16-10-20(11-17-26)27-13-3-4-14-27/h1-2,6-9,18,20H,3-5,10-17H2. The van der Waals surface area contributed by atoms with Crippen LogP contribution in [0.4, 0.5) is 11.4 Å². The molecule has 0 radical (unpaired) electrons. The summed E-state index contributed by atoms with van der Waals surface area (Å²) in [5.74, 6) is 0. The number of likely N-dealkylation sites (tertiary alicyclic amines) is 2. The summed E-state index contributed by atoms with van der Waals surface area (Å²) < 4.78 is 0. The molecule has 0 spiro atoms. The van der Waals surface area contributed by atoms with Crippen molar-refractivity contribution in [2.45, 2.75) is 47.9 Å². The molecule has 0 bridgehead atoms. The Bertz CT molecular complexity index is 844. The molecule has 5 heteroatoms. The maximum Gasteiger partial charge on any atom is 0.0567 e. The number of halogens is 1. The van der Waals surface area contributed by atoms with Crippen LogP contribution < -0.4 is 4.90 Å². The van der Waals surface area contributed by atoms with Crippen molar-refractivity contribution in [1.82, 2.24) is 9.80 Å². The number of para-hydroxylation sites is 1. The molecular weight excluding hydrogens is 398 g/mol. The van der Waals surface area contributed by atoms with Crippen LogP contribution in [0.5, 0.6) is 0 Å². The third-order valence-electron chi connectivity index (χ3n) is 6.66. The molecule has 0 aromatic heterocycles. The van der Waals surface area contributed by atoms with Crippen molar-refractivity contribution in [1.29, 1.82) is 0 Å². The van der Waals surface area contributed by atoms with Gasteiger partial charge in [-0.2, -0.15) is 0 Å². The predicted octanol–water partition coefficient (Wildman–Crippen LogP) is 5.89. The Balaban J connectivity index is 1.21. The lowest BCUT2D eigenvalue weighted by Crippen LogP contribution is -2.44. The molecule has 2 saturated heterocycles. The zero-order valence-electron chi connectivity index (χ0n) is 17.0. The van der Waals surface area contributed by atoms with Crippen molar-refractivity contribution < 1.29 is 0 Å². The lowest BCUT2D eigenvalue weighted by atomic mass is 10.0. The number of benzene rings is 2. The Labute approximate surface area is 184 Å². The quantitative estimate of drug-likeness (QED) is 0.587. The Hall–Kier alpha value is -1.20. The van der Waals surface area contributed by atoms with Crippen LogP contribution in [0.25, 0.3) is 0 Å². The number of nitrogens with zero attached hydrogens (tertiary/aromatic N) is 3. The molecule has 2 aromatic rings. The first-order valence-electron chi connectivity index (χ1n) is 11.1. The molecule has 154 valence electrons. The van der Waals surface area contributed by atoms with Gasteiger partial charge < -0.3 is 14.7 Å². The third-order valence-corrected chi connectivity index (χ3v) is 8.02. The summed E-state index contributed by atoms with van der Waals surface area (Å²) in [5.41, 5.74) is 2.58. The lowest BCUT2D eigenvalue weighted by molar-refractivity contribution is 0.126. The van der Waals surface area contributed by atoms with Crippen molar-refractivity contribution in [3.05, 3.63) is 47.5 Å². The van der Waals surface area contributed by atoms with Crippen LogP contribution in [0.15, 0.2) is 52.3 Å². The van der Waals surface area contributed by atoms with Crippen LogP contribution in [0.1, 0.15) is 32.1 Å². The van der Waals surface area contributed by atoms with E-state index in [0.717, 1.165) is 17.6 Å². The minimum Gasteiger partial charge on any atom is -0.340 e. The van der Waals surface area contributed by atoms with Gasteiger partial charge in [0.05, 0.1) is 11.4 Å². The van der Waals surface area contributed by atoms with E-state index in [4.69, 9.17) is 11.6 Å². The Morgan fingerprint density at radius 2 is 1.62 bits per heavy atom. The van der Waals surface area contributed by atoms with Gasteiger partial charge in [-0.25, -0.2) is 0 Å². The molecule has 3 aliphatic rings. The monoisotopic (exact) mass is 427 g/mol. The van der Waals surface area contributed by atoms with Gasteiger partial charge in [-0.1, -0.05) is 35.5 Å². The lowest BCUT2D eigenvalue weighted by Gasteiger charge is -2.37. The van der Waals surface area contributed by atoms with E-state index in [0.29, 0.717) is 0 Å². The smallest absolute Gasteiger partial charge is 0.0567 e. The maximum absolute atomic E-state index is 6.34. The van der Waals surface area contributed by atoms with Gasteiger partial charge in [-0.05, 0) is 95.2 Å². The maximum atomic E-state index is 6.34. The van der Waals surface area contributed by atoms with Gasteiger partial charge in [0.1, 0.15) is 0 Å². The van der Waals surface area contributed by atoms with E-state index in [9.17, 15) is 0 Å². The molecule has 5 rings (SSSR count). The van der Waals surface area contributed by atoms with E-state index in [2.05, 4.69) is 51.1 Å². The molecule has 0 N–H and O–H groups in total. The second-order valence-electron chi connectivity index (χ2n) is 8.50. The van der Waals surface area contributed by atoms with E-state index in [-0.39, 0.29) is 0 Å². The predicted molar refractivity (Wildman–Crippen MR) is 124 cm³/mol. The minimum absolute atomic E-state index is 0.817. The summed E-state index contributed by atoms with van der Waals surface area (Å²) in [6.07, 6.45) is 6.69. The van der Waals surface area contributed by atoms with Gasteiger partial charge in [0.15, 0.2) is 0 Å². The SMILES string of the molecule is Clc1ccc2c(c1)N(CCCN1CCC(N3CCCC3)CC1)c1ccccc1S2. The van der Waals surface area contributed by atoms with E-state index in [1.165, 1.54) is 86.0 Å². The van der Waals surface area contributed by atoms with Gasteiger partial charge in [-0.3, -0.25) is 0 Å². The Morgan fingerprint density at radius 1 is 0.862 bits per heavy atom. The molecule has 3 nitrogen and oxygen atoms in total. The number of hydrogen-bond donors (Lipinski definition) is 0. The largest absolute Gasteiger partial charge is 0.340 e. The summed E-state index contributed by atoms with van der Waals surface area (Å²) in [6, 6.07) is 15.9. The average molecular weight is 428 g/mol. The van der Waals surface area contributed by atoms with Gasteiger partial charge >= 0.3 is 0 Å². The summed E-state index contributed by atoms with van der Waals surface area (Å²) in [4.78, 5) is 10.5. The molecule has 3 aliphatic heterocycles. The van der Waals surface area contributed by atoms with E-state index < -0.39 is 0 Å². The van der Waals surface area contributed by atoms with Crippen LogP contribution >= 0.6 is 23.4 Å². The van der Waals surface area contributed by atoms with Crippen LogP contribution in [-0.2, 0) is 0 Å². The summed E-state index contributed by atoms with van der Waals surface area (Å²) in [6.45, 7) is 7.41.